The molecule has 2 amide bonds. The lowest BCUT2D eigenvalue weighted by atomic mass is 10.2. The van der Waals surface area contributed by atoms with Gasteiger partial charge in [-0.1, -0.05) is 0 Å². The van der Waals surface area contributed by atoms with Gasteiger partial charge in [0.05, 0.1) is 10.5 Å². The van der Waals surface area contributed by atoms with Gasteiger partial charge in [0.2, 0.25) is 5.91 Å². The summed E-state index contributed by atoms with van der Waals surface area (Å²) in [7, 11) is 3.04. The molecule has 0 saturated heterocycles. The average molecular weight is 281 g/mol. The smallest absolute Gasteiger partial charge is 0.288 e. The van der Waals surface area contributed by atoms with Gasteiger partial charge in [-0.2, -0.15) is 0 Å². The highest BCUT2D eigenvalue weighted by Gasteiger charge is 2.17. The lowest BCUT2D eigenvalue weighted by molar-refractivity contribution is -0.385. The van der Waals surface area contributed by atoms with E-state index in [0.29, 0.717) is 0 Å². The molecule has 0 radical (unpaired) electrons. The Morgan fingerprint density at radius 3 is 2.65 bits per heavy atom. The minimum atomic E-state index is -0.631. The molecule has 0 aliphatic carbocycles. The molecule has 0 aliphatic heterocycles. The minimum absolute atomic E-state index is 0.0543. The average Bonchev–Trinajstić information content (AvgIpc) is 2.45. The van der Waals surface area contributed by atoms with Gasteiger partial charge in [0.1, 0.15) is 12.0 Å². The molecule has 0 spiro atoms. The van der Waals surface area contributed by atoms with E-state index < -0.39 is 10.8 Å². The Bertz CT molecular complexity index is 532. The summed E-state index contributed by atoms with van der Waals surface area (Å²) >= 11 is 0. The predicted octanol–water partition coefficient (Wildman–Crippen LogP) is -0.103. The quantitative estimate of drug-likeness (QED) is 0.493. The standard InChI is InChI=1S/C11H15N5O4/c1-12-9(17)3-4-14-11(18)8-5-7(16(19)20)6-15-10(8)13-2/h5-6H,3-4H2,1-2H3,(H,12,17)(H,13,15)(H,14,18). The molecule has 9 nitrogen and oxygen atoms in total. The lowest BCUT2D eigenvalue weighted by Gasteiger charge is -2.08. The number of anilines is 1. The van der Waals surface area contributed by atoms with Crippen LogP contribution in [0.2, 0.25) is 0 Å². The zero-order valence-corrected chi connectivity index (χ0v) is 11.1. The third-order valence-electron chi connectivity index (χ3n) is 2.48. The fourth-order valence-corrected chi connectivity index (χ4v) is 1.44. The van der Waals surface area contributed by atoms with E-state index in [4.69, 9.17) is 0 Å². The molecular formula is C11H15N5O4. The van der Waals surface area contributed by atoms with E-state index in [9.17, 15) is 19.7 Å². The van der Waals surface area contributed by atoms with Crippen molar-refractivity contribution in [2.45, 2.75) is 6.42 Å². The van der Waals surface area contributed by atoms with E-state index in [1.807, 2.05) is 0 Å². The number of aromatic nitrogens is 1. The lowest BCUT2D eigenvalue weighted by Crippen LogP contribution is -2.29. The van der Waals surface area contributed by atoms with Crippen molar-refractivity contribution >= 4 is 23.3 Å². The van der Waals surface area contributed by atoms with Gasteiger partial charge >= 0.3 is 0 Å². The molecule has 1 heterocycles. The number of pyridine rings is 1. The maximum Gasteiger partial charge on any atom is 0.288 e. The first kappa shape index (κ1) is 15.3. The number of nitrogens with zero attached hydrogens (tertiary/aromatic N) is 2. The molecule has 20 heavy (non-hydrogen) atoms. The van der Waals surface area contributed by atoms with Crippen molar-refractivity contribution in [1.82, 2.24) is 15.6 Å². The molecule has 0 saturated carbocycles. The van der Waals surface area contributed by atoms with Crippen LogP contribution in [0.5, 0.6) is 0 Å². The zero-order valence-electron chi connectivity index (χ0n) is 11.1. The van der Waals surface area contributed by atoms with Crippen LogP contribution in [-0.2, 0) is 4.79 Å². The van der Waals surface area contributed by atoms with Crippen LogP contribution < -0.4 is 16.0 Å². The van der Waals surface area contributed by atoms with Gasteiger partial charge in [-0.3, -0.25) is 19.7 Å². The number of hydrogen-bond donors (Lipinski definition) is 3. The summed E-state index contributed by atoms with van der Waals surface area (Å²) in [5.41, 5.74) is -0.223. The Labute approximate surface area is 114 Å². The van der Waals surface area contributed by atoms with E-state index >= 15 is 0 Å². The summed E-state index contributed by atoms with van der Waals surface area (Å²) in [6.45, 7) is 0.129. The van der Waals surface area contributed by atoms with E-state index in [0.717, 1.165) is 12.3 Å². The number of hydrogen-bond acceptors (Lipinski definition) is 6. The molecule has 0 fully saturated rings. The molecule has 0 bridgehead atoms. The fraction of sp³-hybridized carbons (Fsp3) is 0.364. The fourth-order valence-electron chi connectivity index (χ4n) is 1.44. The Morgan fingerprint density at radius 1 is 1.40 bits per heavy atom. The van der Waals surface area contributed by atoms with Crippen LogP contribution in [0.25, 0.3) is 0 Å². The molecule has 108 valence electrons. The van der Waals surface area contributed by atoms with Gasteiger partial charge in [0, 0.05) is 33.1 Å². The van der Waals surface area contributed by atoms with Crippen LogP contribution in [0.15, 0.2) is 12.3 Å². The normalized spacial score (nSPS) is 9.70. The van der Waals surface area contributed by atoms with Crippen molar-refractivity contribution in [3.63, 3.8) is 0 Å². The van der Waals surface area contributed by atoms with Gasteiger partial charge in [0.15, 0.2) is 0 Å². The van der Waals surface area contributed by atoms with E-state index in [1.165, 1.54) is 7.05 Å². The highest BCUT2D eigenvalue weighted by molar-refractivity contribution is 5.99. The molecule has 0 unspecified atom stereocenters. The summed E-state index contributed by atoms with van der Waals surface area (Å²) < 4.78 is 0. The largest absolute Gasteiger partial charge is 0.372 e. The topological polar surface area (TPSA) is 126 Å². The number of nitro groups is 1. The SMILES string of the molecule is CNC(=O)CCNC(=O)c1cc([N+](=O)[O-])cnc1NC. The van der Waals surface area contributed by atoms with Crippen LogP contribution in [-0.4, -0.2) is 42.4 Å². The zero-order chi connectivity index (χ0) is 15.1. The first-order valence-electron chi connectivity index (χ1n) is 5.80. The van der Waals surface area contributed by atoms with Crippen molar-refractivity contribution in [2.75, 3.05) is 26.0 Å². The number of carbonyl (C=O) groups is 2. The van der Waals surface area contributed by atoms with E-state index in [2.05, 4.69) is 20.9 Å². The van der Waals surface area contributed by atoms with Crippen LogP contribution >= 0.6 is 0 Å². The monoisotopic (exact) mass is 281 g/mol. The third-order valence-corrected chi connectivity index (χ3v) is 2.48. The second-order valence-electron chi connectivity index (χ2n) is 3.78. The van der Waals surface area contributed by atoms with Gasteiger partial charge in [-0.15, -0.1) is 0 Å². The van der Waals surface area contributed by atoms with E-state index in [-0.39, 0.29) is 35.9 Å². The Balaban J connectivity index is 2.82. The second-order valence-corrected chi connectivity index (χ2v) is 3.78. The predicted molar refractivity (Wildman–Crippen MR) is 71.5 cm³/mol. The summed E-state index contributed by atoms with van der Waals surface area (Å²) in [5, 5.41) is 18.3. The summed E-state index contributed by atoms with van der Waals surface area (Å²) in [5.74, 6) is -0.515. The highest BCUT2D eigenvalue weighted by Crippen LogP contribution is 2.18. The Kier molecular flexibility index (Phi) is 5.39. The summed E-state index contributed by atoms with van der Waals surface area (Å²) in [6, 6.07) is 1.13. The maximum absolute atomic E-state index is 11.9. The Hall–Kier alpha value is -2.71. The van der Waals surface area contributed by atoms with Gasteiger partial charge < -0.3 is 16.0 Å². The molecule has 1 aromatic heterocycles. The van der Waals surface area contributed by atoms with Gasteiger partial charge in [-0.25, -0.2) is 4.98 Å². The van der Waals surface area contributed by atoms with E-state index in [1.54, 1.807) is 7.05 Å². The summed E-state index contributed by atoms with van der Waals surface area (Å²) in [4.78, 5) is 36.8. The molecular weight excluding hydrogens is 266 g/mol. The first-order chi connectivity index (χ1) is 9.49. The number of carbonyl (C=O) groups excluding carboxylic acids is 2. The maximum atomic E-state index is 11.9. The van der Waals surface area contributed by atoms with Crippen molar-refractivity contribution in [3.8, 4) is 0 Å². The summed E-state index contributed by atoms with van der Waals surface area (Å²) in [6.07, 6.45) is 1.19. The van der Waals surface area contributed by atoms with Crippen LogP contribution in [0.3, 0.4) is 0 Å². The van der Waals surface area contributed by atoms with Crippen LogP contribution in [0.4, 0.5) is 11.5 Å². The van der Waals surface area contributed by atoms with Crippen LogP contribution in [0.1, 0.15) is 16.8 Å². The molecule has 0 aliphatic rings. The van der Waals surface area contributed by atoms with Crippen molar-refractivity contribution < 1.29 is 14.5 Å². The number of nitrogens with one attached hydrogen (secondary N) is 3. The van der Waals surface area contributed by atoms with Crippen LogP contribution in [0, 0.1) is 10.1 Å². The Morgan fingerprint density at radius 2 is 2.10 bits per heavy atom. The molecule has 9 heteroatoms. The molecule has 0 atom stereocenters. The van der Waals surface area contributed by atoms with Crippen molar-refractivity contribution in [2.24, 2.45) is 0 Å². The molecule has 0 aromatic carbocycles. The third kappa shape index (κ3) is 3.90. The second kappa shape index (κ2) is 7.02. The number of rotatable bonds is 6. The number of amides is 2. The van der Waals surface area contributed by atoms with Crippen molar-refractivity contribution in [1.29, 1.82) is 0 Å². The van der Waals surface area contributed by atoms with Gasteiger partial charge in [-0.05, 0) is 0 Å². The molecule has 1 rings (SSSR count). The van der Waals surface area contributed by atoms with Crippen molar-refractivity contribution in [3.05, 3.63) is 27.9 Å². The molecule has 1 aromatic rings. The minimum Gasteiger partial charge on any atom is -0.372 e. The molecule has 3 N–H and O–H groups in total. The highest BCUT2D eigenvalue weighted by atomic mass is 16.6. The first-order valence-corrected chi connectivity index (χ1v) is 5.80. The van der Waals surface area contributed by atoms with Gasteiger partial charge in [0.25, 0.3) is 11.6 Å².